The van der Waals surface area contributed by atoms with Crippen molar-refractivity contribution in [1.29, 1.82) is 0 Å². The number of hydrogen-bond donors (Lipinski definition) is 2. The van der Waals surface area contributed by atoms with E-state index in [2.05, 4.69) is 10.3 Å². The Bertz CT molecular complexity index is 566. The van der Waals surface area contributed by atoms with E-state index in [1.807, 2.05) is 29.6 Å². The van der Waals surface area contributed by atoms with Crippen LogP contribution in [0.15, 0.2) is 29.6 Å². The van der Waals surface area contributed by atoms with Crippen molar-refractivity contribution >= 4 is 22.4 Å². The lowest BCUT2D eigenvalue weighted by Gasteiger charge is -2.05. The van der Waals surface area contributed by atoms with Gasteiger partial charge in [0.15, 0.2) is 5.13 Å². The molecule has 6 heteroatoms. The molecular weight excluding hydrogens is 274 g/mol. The van der Waals surface area contributed by atoms with Gasteiger partial charge >= 0.3 is 0 Å². The average molecular weight is 291 g/mol. The molecule has 5 nitrogen and oxygen atoms in total. The maximum atomic E-state index is 11.7. The Morgan fingerprint density at radius 1 is 1.40 bits per heavy atom. The van der Waals surface area contributed by atoms with Crippen LogP contribution < -0.4 is 15.8 Å². The van der Waals surface area contributed by atoms with Crippen LogP contribution in [0.3, 0.4) is 0 Å². The van der Waals surface area contributed by atoms with E-state index in [9.17, 15) is 4.79 Å². The van der Waals surface area contributed by atoms with Crippen LogP contribution in [-0.2, 0) is 17.8 Å². The number of rotatable bonds is 6. The van der Waals surface area contributed by atoms with Crippen LogP contribution in [0.2, 0.25) is 0 Å². The predicted molar refractivity (Wildman–Crippen MR) is 79.7 cm³/mol. The summed E-state index contributed by atoms with van der Waals surface area (Å²) in [5, 5.41) is 5.20. The van der Waals surface area contributed by atoms with E-state index < -0.39 is 0 Å². The van der Waals surface area contributed by atoms with Gasteiger partial charge in [0.1, 0.15) is 5.75 Å². The molecule has 0 radical (unpaired) electrons. The van der Waals surface area contributed by atoms with E-state index in [0.29, 0.717) is 24.5 Å². The maximum Gasteiger partial charge on any atom is 0.220 e. The SMILES string of the molecule is COc1ccc(CCC(=O)NCc2csc(N)n2)cc1. The van der Waals surface area contributed by atoms with E-state index in [0.717, 1.165) is 17.0 Å². The number of anilines is 1. The molecule has 20 heavy (non-hydrogen) atoms. The van der Waals surface area contributed by atoms with E-state index in [1.165, 1.54) is 11.3 Å². The van der Waals surface area contributed by atoms with Gasteiger partial charge in [-0.3, -0.25) is 4.79 Å². The number of ether oxygens (including phenoxy) is 1. The molecule has 0 aliphatic carbocycles. The standard InChI is InChI=1S/C14H17N3O2S/c1-19-12-5-2-10(3-6-12)4-7-13(18)16-8-11-9-20-14(15)17-11/h2-3,5-6,9H,4,7-8H2,1H3,(H2,15,17)(H,16,18). The van der Waals surface area contributed by atoms with Crippen molar-refractivity contribution in [3.8, 4) is 5.75 Å². The highest BCUT2D eigenvalue weighted by Gasteiger charge is 2.04. The smallest absolute Gasteiger partial charge is 0.220 e. The van der Waals surface area contributed by atoms with E-state index in [-0.39, 0.29) is 5.91 Å². The van der Waals surface area contributed by atoms with Crippen LogP contribution in [0.4, 0.5) is 5.13 Å². The number of aryl methyl sites for hydroxylation is 1. The van der Waals surface area contributed by atoms with Gasteiger partial charge in [-0.15, -0.1) is 11.3 Å². The van der Waals surface area contributed by atoms with Crippen LogP contribution in [0.5, 0.6) is 5.75 Å². The summed E-state index contributed by atoms with van der Waals surface area (Å²) in [6.07, 6.45) is 1.15. The number of methoxy groups -OCH3 is 1. The van der Waals surface area contributed by atoms with Crippen LogP contribution in [0, 0.1) is 0 Å². The first-order chi connectivity index (χ1) is 9.67. The quantitative estimate of drug-likeness (QED) is 0.853. The van der Waals surface area contributed by atoms with E-state index in [1.54, 1.807) is 7.11 Å². The summed E-state index contributed by atoms with van der Waals surface area (Å²) in [6.45, 7) is 0.426. The van der Waals surface area contributed by atoms with Crippen LogP contribution in [-0.4, -0.2) is 18.0 Å². The van der Waals surface area contributed by atoms with E-state index >= 15 is 0 Å². The summed E-state index contributed by atoms with van der Waals surface area (Å²) in [5.41, 5.74) is 7.43. The molecule has 0 aliphatic heterocycles. The minimum atomic E-state index is 0.00684. The fourth-order valence-electron chi connectivity index (χ4n) is 1.73. The molecule has 0 spiro atoms. The minimum absolute atomic E-state index is 0.00684. The first-order valence-corrected chi connectivity index (χ1v) is 7.15. The molecule has 1 aromatic heterocycles. The largest absolute Gasteiger partial charge is 0.497 e. The monoisotopic (exact) mass is 291 g/mol. The first-order valence-electron chi connectivity index (χ1n) is 6.27. The molecule has 0 atom stereocenters. The Labute approximate surface area is 121 Å². The zero-order valence-electron chi connectivity index (χ0n) is 11.3. The first kappa shape index (κ1) is 14.3. The number of aromatic nitrogens is 1. The fraction of sp³-hybridized carbons (Fsp3) is 0.286. The molecule has 2 aromatic rings. The molecule has 106 valence electrons. The predicted octanol–water partition coefficient (Wildman–Crippen LogP) is 1.98. The summed E-state index contributed by atoms with van der Waals surface area (Å²) in [6, 6.07) is 7.72. The molecule has 0 saturated heterocycles. The molecule has 2 rings (SSSR count). The third-order valence-corrected chi connectivity index (χ3v) is 3.56. The van der Waals surface area contributed by atoms with Crippen molar-refractivity contribution in [2.45, 2.75) is 19.4 Å². The second kappa shape index (κ2) is 6.91. The molecule has 0 aliphatic rings. The molecule has 1 amide bonds. The highest BCUT2D eigenvalue weighted by atomic mass is 32.1. The normalized spacial score (nSPS) is 10.2. The summed E-state index contributed by atoms with van der Waals surface area (Å²) < 4.78 is 5.09. The number of nitrogen functional groups attached to an aromatic ring is 1. The fourth-order valence-corrected chi connectivity index (χ4v) is 2.29. The second-order valence-electron chi connectivity index (χ2n) is 4.30. The number of carbonyl (C=O) groups excluding carboxylic acids is 1. The van der Waals surface area contributed by atoms with Gasteiger partial charge in [0.25, 0.3) is 0 Å². The zero-order valence-corrected chi connectivity index (χ0v) is 12.1. The Kier molecular flexibility index (Phi) is 4.95. The van der Waals surface area contributed by atoms with Crippen LogP contribution >= 0.6 is 11.3 Å². The summed E-state index contributed by atoms with van der Waals surface area (Å²) in [5.74, 6) is 0.826. The third-order valence-electron chi connectivity index (χ3n) is 2.84. The number of thiazole rings is 1. The minimum Gasteiger partial charge on any atom is -0.497 e. The van der Waals surface area contributed by atoms with Crippen molar-refractivity contribution in [3.05, 3.63) is 40.9 Å². The number of nitrogens with one attached hydrogen (secondary N) is 1. The average Bonchev–Trinajstić information content (AvgIpc) is 2.89. The van der Waals surface area contributed by atoms with E-state index in [4.69, 9.17) is 10.5 Å². The molecule has 0 fully saturated rings. The highest BCUT2D eigenvalue weighted by Crippen LogP contribution is 2.13. The topological polar surface area (TPSA) is 77.2 Å². The number of amides is 1. The van der Waals surface area contributed by atoms with Crippen molar-refractivity contribution in [3.63, 3.8) is 0 Å². The number of carbonyl (C=O) groups is 1. The third kappa shape index (κ3) is 4.24. The van der Waals surface area contributed by atoms with Gasteiger partial charge in [-0.25, -0.2) is 4.98 Å². The van der Waals surface area contributed by atoms with Crippen molar-refractivity contribution in [2.75, 3.05) is 12.8 Å². The second-order valence-corrected chi connectivity index (χ2v) is 5.19. The molecule has 0 bridgehead atoms. The molecule has 0 saturated carbocycles. The van der Waals surface area contributed by atoms with Gasteiger partial charge in [-0.1, -0.05) is 12.1 Å². The Hall–Kier alpha value is -2.08. The van der Waals surface area contributed by atoms with Gasteiger partial charge in [-0.2, -0.15) is 0 Å². The van der Waals surface area contributed by atoms with Gasteiger partial charge in [-0.05, 0) is 24.1 Å². The number of benzene rings is 1. The van der Waals surface area contributed by atoms with Crippen molar-refractivity contribution in [1.82, 2.24) is 10.3 Å². The summed E-state index contributed by atoms with van der Waals surface area (Å²) in [7, 11) is 1.63. The van der Waals surface area contributed by atoms with Crippen molar-refractivity contribution < 1.29 is 9.53 Å². The molecule has 0 unspecified atom stereocenters. The summed E-state index contributed by atoms with van der Waals surface area (Å²) in [4.78, 5) is 15.8. The number of nitrogens with zero attached hydrogens (tertiary/aromatic N) is 1. The summed E-state index contributed by atoms with van der Waals surface area (Å²) >= 11 is 1.37. The van der Waals surface area contributed by atoms with Crippen LogP contribution in [0.1, 0.15) is 17.7 Å². The van der Waals surface area contributed by atoms with Crippen LogP contribution in [0.25, 0.3) is 0 Å². The molecule has 3 N–H and O–H groups in total. The Morgan fingerprint density at radius 3 is 2.75 bits per heavy atom. The van der Waals surface area contributed by atoms with Gasteiger partial charge < -0.3 is 15.8 Å². The highest BCUT2D eigenvalue weighted by molar-refractivity contribution is 7.13. The number of nitrogens with two attached hydrogens (primary N) is 1. The zero-order chi connectivity index (χ0) is 14.4. The molecular formula is C14H17N3O2S. The van der Waals surface area contributed by atoms with Gasteiger partial charge in [0.05, 0.1) is 19.3 Å². The maximum absolute atomic E-state index is 11.7. The van der Waals surface area contributed by atoms with Gasteiger partial charge in [0.2, 0.25) is 5.91 Å². The lowest BCUT2D eigenvalue weighted by atomic mass is 10.1. The van der Waals surface area contributed by atoms with Crippen molar-refractivity contribution in [2.24, 2.45) is 0 Å². The Balaban J connectivity index is 1.74. The Morgan fingerprint density at radius 2 is 2.15 bits per heavy atom. The lowest BCUT2D eigenvalue weighted by molar-refractivity contribution is -0.121. The number of hydrogen-bond acceptors (Lipinski definition) is 5. The van der Waals surface area contributed by atoms with Gasteiger partial charge in [0, 0.05) is 11.8 Å². The lowest BCUT2D eigenvalue weighted by Crippen LogP contribution is -2.23. The molecule has 1 aromatic carbocycles. The molecule has 1 heterocycles.